The lowest BCUT2D eigenvalue weighted by molar-refractivity contribution is -0.276. The minimum Gasteiger partial charge on any atom is -0.496 e. The van der Waals surface area contributed by atoms with E-state index in [-0.39, 0.29) is 12.1 Å². The van der Waals surface area contributed by atoms with Gasteiger partial charge >= 0.3 is 6.36 Å². The molecule has 0 aliphatic rings. The van der Waals surface area contributed by atoms with E-state index in [1.54, 1.807) is 6.07 Å². The van der Waals surface area contributed by atoms with Crippen LogP contribution in [0.25, 0.3) is 11.0 Å². The number of nitrogens with zero attached hydrogens (tertiary/aromatic N) is 3. The van der Waals surface area contributed by atoms with Crippen LogP contribution in [-0.4, -0.2) is 33.9 Å². The fraction of sp³-hybridized carbons (Fsp3) is 0.278. The molecule has 1 amide bonds. The number of carbonyl (C=O) groups excluding carboxylic acids is 1. The van der Waals surface area contributed by atoms with E-state index in [2.05, 4.69) is 20.0 Å². The summed E-state index contributed by atoms with van der Waals surface area (Å²) >= 11 is 0. The van der Waals surface area contributed by atoms with E-state index in [9.17, 15) is 18.0 Å². The number of nitrogens with one attached hydrogen (secondary N) is 1. The van der Waals surface area contributed by atoms with E-state index in [0.717, 1.165) is 34.7 Å². The minimum absolute atomic E-state index is 0.0989. The highest BCUT2D eigenvalue weighted by Crippen LogP contribution is 2.28. The number of benzene rings is 1. The van der Waals surface area contributed by atoms with Crippen molar-refractivity contribution in [1.29, 1.82) is 0 Å². The van der Waals surface area contributed by atoms with Crippen LogP contribution in [0.15, 0.2) is 30.5 Å². The molecule has 2 heterocycles. The summed E-state index contributed by atoms with van der Waals surface area (Å²) in [7, 11) is 3.39. The van der Waals surface area contributed by atoms with Gasteiger partial charge in [0.25, 0.3) is 5.91 Å². The maximum Gasteiger partial charge on any atom is 0.574 e. The topological polar surface area (TPSA) is 78.3 Å². The maximum absolute atomic E-state index is 12.4. The number of ether oxygens (including phenoxy) is 2. The van der Waals surface area contributed by atoms with Gasteiger partial charge in [-0.25, -0.2) is 9.97 Å². The first-order valence-corrected chi connectivity index (χ1v) is 8.18. The van der Waals surface area contributed by atoms with Gasteiger partial charge in [-0.3, -0.25) is 4.79 Å². The largest absolute Gasteiger partial charge is 0.574 e. The standard InChI is InChI=1S/C18H17F3N4O3/c1-10-24-13-5-6-14(27-3)12(16(13)25(10)2)9-23-17(26)11-4-7-15(22-8-11)28-18(19,20)21/h4-8H,9H2,1-3H3,(H,23,26). The van der Waals surface area contributed by atoms with Crippen molar-refractivity contribution in [2.24, 2.45) is 7.05 Å². The number of hydrogen-bond donors (Lipinski definition) is 1. The molecule has 0 aliphatic heterocycles. The number of methoxy groups -OCH3 is 1. The van der Waals surface area contributed by atoms with Crippen molar-refractivity contribution in [3.63, 3.8) is 0 Å². The van der Waals surface area contributed by atoms with Gasteiger partial charge in [-0.1, -0.05) is 0 Å². The summed E-state index contributed by atoms with van der Waals surface area (Å²) in [6.07, 6.45) is -3.82. The highest BCUT2D eigenvalue weighted by molar-refractivity contribution is 5.94. The minimum atomic E-state index is -4.84. The Morgan fingerprint density at radius 2 is 2.00 bits per heavy atom. The van der Waals surface area contributed by atoms with Crippen LogP contribution in [0.3, 0.4) is 0 Å². The number of alkyl halides is 3. The Morgan fingerprint density at radius 3 is 2.61 bits per heavy atom. The second kappa shape index (κ2) is 7.37. The van der Waals surface area contributed by atoms with Crippen molar-refractivity contribution in [1.82, 2.24) is 19.9 Å². The summed E-state index contributed by atoms with van der Waals surface area (Å²) in [6, 6.07) is 5.78. The molecule has 0 atom stereocenters. The highest BCUT2D eigenvalue weighted by atomic mass is 19.4. The zero-order chi connectivity index (χ0) is 20.5. The van der Waals surface area contributed by atoms with E-state index >= 15 is 0 Å². The molecule has 28 heavy (non-hydrogen) atoms. The Balaban J connectivity index is 1.79. The average molecular weight is 394 g/mol. The first-order valence-electron chi connectivity index (χ1n) is 8.18. The molecule has 0 fully saturated rings. The van der Waals surface area contributed by atoms with Crippen LogP contribution in [0.4, 0.5) is 13.2 Å². The predicted molar refractivity (Wildman–Crippen MR) is 94.1 cm³/mol. The number of imidazole rings is 1. The second-order valence-electron chi connectivity index (χ2n) is 5.95. The Morgan fingerprint density at radius 1 is 1.25 bits per heavy atom. The third-order valence-corrected chi connectivity index (χ3v) is 4.19. The predicted octanol–water partition coefficient (Wildman–Crippen LogP) is 3.11. The number of amides is 1. The summed E-state index contributed by atoms with van der Waals surface area (Å²) in [4.78, 5) is 20.3. The van der Waals surface area contributed by atoms with Gasteiger partial charge in [-0.2, -0.15) is 0 Å². The summed E-state index contributed by atoms with van der Waals surface area (Å²) in [5.41, 5.74) is 2.42. The summed E-state index contributed by atoms with van der Waals surface area (Å²) in [5.74, 6) is 0.257. The molecule has 2 aromatic heterocycles. The van der Waals surface area contributed by atoms with E-state index in [4.69, 9.17) is 4.74 Å². The van der Waals surface area contributed by atoms with Gasteiger partial charge in [0.1, 0.15) is 11.6 Å². The first-order chi connectivity index (χ1) is 13.2. The zero-order valence-corrected chi connectivity index (χ0v) is 15.3. The van der Waals surface area contributed by atoms with Crippen LogP contribution in [-0.2, 0) is 13.6 Å². The van der Waals surface area contributed by atoms with E-state index in [1.165, 1.54) is 13.2 Å². The monoisotopic (exact) mass is 394 g/mol. The third-order valence-electron chi connectivity index (χ3n) is 4.19. The van der Waals surface area contributed by atoms with Crippen molar-refractivity contribution in [2.45, 2.75) is 19.8 Å². The van der Waals surface area contributed by atoms with Crippen molar-refractivity contribution in [3.05, 3.63) is 47.4 Å². The molecule has 0 spiro atoms. The van der Waals surface area contributed by atoms with Crippen molar-refractivity contribution in [2.75, 3.05) is 7.11 Å². The number of hydrogen-bond acceptors (Lipinski definition) is 5. The lowest BCUT2D eigenvalue weighted by atomic mass is 10.1. The summed E-state index contributed by atoms with van der Waals surface area (Å²) in [6.45, 7) is 2.00. The van der Waals surface area contributed by atoms with E-state index < -0.39 is 18.1 Å². The maximum atomic E-state index is 12.4. The number of aryl methyl sites for hydroxylation is 2. The van der Waals surface area contributed by atoms with Crippen molar-refractivity contribution in [3.8, 4) is 11.6 Å². The molecule has 0 radical (unpaired) electrons. The van der Waals surface area contributed by atoms with Crippen molar-refractivity contribution >= 4 is 16.9 Å². The van der Waals surface area contributed by atoms with Crippen LogP contribution < -0.4 is 14.8 Å². The highest BCUT2D eigenvalue weighted by Gasteiger charge is 2.31. The van der Waals surface area contributed by atoms with Gasteiger partial charge in [0, 0.05) is 31.4 Å². The molecule has 3 aromatic rings. The van der Waals surface area contributed by atoms with Crippen molar-refractivity contribution < 1.29 is 27.4 Å². The number of halogens is 3. The van der Waals surface area contributed by atoms with E-state index in [1.807, 2.05) is 24.6 Å². The van der Waals surface area contributed by atoms with Crippen LogP contribution >= 0.6 is 0 Å². The molecule has 0 saturated carbocycles. The van der Waals surface area contributed by atoms with Gasteiger partial charge in [-0.15, -0.1) is 13.2 Å². The quantitative estimate of drug-likeness (QED) is 0.720. The third kappa shape index (κ3) is 4.00. The normalized spacial score (nSPS) is 11.5. The molecule has 7 nitrogen and oxygen atoms in total. The average Bonchev–Trinajstić information content (AvgIpc) is 2.93. The molecule has 1 aromatic carbocycles. The Kier molecular flexibility index (Phi) is 5.12. The second-order valence-corrected chi connectivity index (χ2v) is 5.95. The van der Waals surface area contributed by atoms with Crippen LogP contribution in [0.5, 0.6) is 11.6 Å². The van der Waals surface area contributed by atoms with Gasteiger partial charge < -0.3 is 19.4 Å². The SMILES string of the molecule is COc1ccc2nc(C)n(C)c2c1CNC(=O)c1ccc(OC(F)(F)F)nc1. The number of aromatic nitrogens is 3. The van der Waals surface area contributed by atoms with Gasteiger partial charge in [0.15, 0.2) is 0 Å². The van der Waals surface area contributed by atoms with Crippen LogP contribution in [0.1, 0.15) is 21.7 Å². The molecular weight excluding hydrogens is 377 g/mol. The fourth-order valence-electron chi connectivity index (χ4n) is 2.81. The molecule has 0 saturated heterocycles. The lowest BCUT2D eigenvalue weighted by Crippen LogP contribution is -2.24. The number of fused-ring (bicyclic) bond motifs is 1. The van der Waals surface area contributed by atoms with Gasteiger partial charge in [0.2, 0.25) is 5.88 Å². The molecule has 10 heteroatoms. The molecule has 1 N–H and O–H groups in total. The molecular formula is C18H17F3N4O3. The number of rotatable bonds is 5. The first kappa shape index (κ1) is 19.5. The van der Waals surface area contributed by atoms with Crippen LogP contribution in [0.2, 0.25) is 0 Å². The summed E-state index contributed by atoms with van der Waals surface area (Å²) in [5, 5.41) is 2.72. The van der Waals surface area contributed by atoms with Crippen LogP contribution in [0, 0.1) is 6.92 Å². The zero-order valence-electron chi connectivity index (χ0n) is 15.3. The van der Waals surface area contributed by atoms with E-state index in [0.29, 0.717) is 5.75 Å². The smallest absolute Gasteiger partial charge is 0.496 e. The Labute approximate surface area is 158 Å². The molecule has 0 unspecified atom stereocenters. The number of pyridine rings is 1. The molecule has 148 valence electrons. The Bertz CT molecular complexity index is 1010. The fourth-order valence-corrected chi connectivity index (χ4v) is 2.81. The lowest BCUT2D eigenvalue weighted by Gasteiger charge is -2.13. The Hall–Kier alpha value is -3.30. The molecule has 3 rings (SSSR count). The van der Waals surface area contributed by atoms with Gasteiger partial charge in [-0.05, 0) is 25.1 Å². The molecule has 0 bridgehead atoms. The van der Waals surface area contributed by atoms with Gasteiger partial charge in [0.05, 0.1) is 23.7 Å². The summed E-state index contributed by atoms with van der Waals surface area (Å²) < 4.78 is 47.5. The molecule has 0 aliphatic carbocycles. The number of carbonyl (C=O) groups is 1.